The van der Waals surface area contributed by atoms with Crippen LogP contribution in [-0.4, -0.2) is 62.0 Å². The first-order chi connectivity index (χ1) is 9.96. The molecule has 4 N–H and O–H groups in total. The number of nitrogens with one attached hydrogen (secondary N) is 2. The van der Waals surface area contributed by atoms with Crippen LogP contribution in [0.4, 0.5) is 8.78 Å². The molecule has 0 aromatic heterocycles. The third kappa shape index (κ3) is 3.99. The summed E-state index contributed by atoms with van der Waals surface area (Å²) in [5, 5.41) is 10.6. The van der Waals surface area contributed by atoms with Crippen LogP contribution >= 0.6 is 0 Å². The van der Waals surface area contributed by atoms with Gasteiger partial charge in [0.2, 0.25) is 0 Å². The zero-order valence-electron chi connectivity index (χ0n) is 12.4. The van der Waals surface area contributed by atoms with Crippen molar-refractivity contribution in [2.24, 2.45) is 5.73 Å². The summed E-state index contributed by atoms with van der Waals surface area (Å²) in [5.41, 5.74) is 6.75. The number of hydrogen-bond donors (Lipinski definition) is 3. The highest BCUT2D eigenvalue weighted by Gasteiger charge is 2.42. The molecule has 0 aliphatic carbocycles. The van der Waals surface area contributed by atoms with E-state index in [1.807, 2.05) is 0 Å². The molecule has 1 unspecified atom stereocenters. The second-order valence-electron chi connectivity index (χ2n) is 5.91. The van der Waals surface area contributed by atoms with Crippen molar-refractivity contribution in [3.05, 3.63) is 11.3 Å². The van der Waals surface area contributed by atoms with Crippen molar-refractivity contribution < 1.29 is 13.5 Å². The normalized spacial score (nSPS) is 27.7. The quantitative estimate of drug-likeness (QED) is 0.676. The molecular weight excluding hydrogens is 278 g/mol. The fourth-order valence-electron chi connectivity index (χ4n) is 3.07. The number of halogens is 2. The van der Waals surface area contributed by atoms with Gasteiger partial charge in [-0.3, -0.25) is 4.90 Å². The number of rotatable bonds is 4. The third-order valence-electron chi connectivity index (χ3n) is 4.26. The molecular formula is C14H24F2N4O. The van der Waals surface area contributed by atoms with E-state index in [-0.39, 0.29) is 6.54 Å². The van der Waals surface area contributed by atoms with Gasteiger partial charge in [0.05, 0.1) is 12.1 Å². The molecule has 5 nitrogen and oxygen atoms in total. The van der Waals surface area contributed by atoms with E-state index in [0.29, 0.717) is 24.4 Å². The van der Waals surface area contributed by atoms with Gasteiger partial charge < -0.3 is 21.2 Å². The van der Waals surface area contributed by atoms with Gasteiger partial charge in [-0.2, -0.15) is 0 Å². The van der Waals surface area contributed by atoms with Crippen molar-refractivity contribution in [3.63, 3.8) is 0 Å². The minimum Gasteiger partial charge on any atom is -0.400 e. The Hall–Kier alpha value is -1.05. The Morgan fingerprint density at radius 2 is 2.19 bits per heavy atom. The van der Waals surface area contributed by atoms with E-state index in [9.17, 15) is 8.78 Å². The van der Waals surface area contributed by atoms with E-state index in [1.54, 1.807) is 11.8 Å². The standard InChI is InChI=1S/C14H24F2N4O/c1-10(6-17)13(18)11-7-20(8-12(15)16)9-14(21-11)2-4-19-5-3-14/h6,11-12,17,19H,2-5,7-9,18H2,1H3/b13-10-,17-6?. The summed E-state index contributed by atoms with van der Waals surface area (Å²) < 4.78 is 31.7. The number of nitrogens with zero attached hydrogens (tertiary/aromatic N) is 1. The third-order valence-corrected chi connectivity index (χ3v) is 4.26. The van der Waals surface area contributed by atoms with Crippen LogP contribution in [0, 0.1) is 5.41 Å². The highest BCUT2D eigenvalue weighted by molar-refractivity contribution is 5.76. The molecule has 21 heavy (non-hydrogen) atoms. The van der Waals surface area contributed by atoms with E-state index in [4.69, 9.17) is 15.9 Å². The van der Waals surface area contributed by atoms with E-state index in [1.165, 1.54) is 6.21 Å². The van der Waals surface area contributed by atoms with E-state index in [0.717, 1.165) is 25.9 Å². The Kier molecular flexibility index (Phi) is 5.29. The minimum absolute atomic E-state index is 0.258. The largest absolute Gasteiger partial charge is 0.400 e. The van der Waals surface area contributed by atoms with Crippen LogP contribution in [0.1, 0.15) is 19.8 Å². The van der Waals surface area contributed by atoms with Gasteiger partial charge in [-0.15, -0.1) is 0 Å². The lowest BCUT2D eigenvalue weighted by molar-refractivity contribution is -0.160. The predicted molar refractivity (Wildman–Crippen MR) is 77.8 cm³/mol. The molecule has 2 rings (SSSR count). The van der Waals surface area contributed by atoms with Crippen molar-refractivity contribution >= 4 is 6.21 Å². The Balaban J connectivity index is 2.19. The fourth-order valence-corrected chi connectivity index (χ4v) is 3.07. The molecule has 2 saturated heterocycles. The molecule has 0 aromatic carbocycles. The highest BCUT2D eigenvalue weighted by atomic mass is 19.3. The maximum absolute atomic E-state index is 12.8. The van der Waals surface area contributed by atoms with E-state index >= 15 is 0 Å². The lowest BCUT2D eigenvalue weighted by Crippen LogP contribution is -2.60. The molecule has 0 radical (unpaired) electrons. The molecule has 2 heterocycles. The molecule has 2 aliphatic heterocycles. The molecule has 0 amide bonds. The highest BCUT2D eigenvalue weighted by Crippen LogP contribution is 2.32. The summed E-state index contributed by atoms with van der Waals surface area (Å²) in [6.45, 7) is 4.01. The van der Waals surface area contributed by atoms with E-state index < -0.39 is 18.1 Å². The first-order valence-corrected chi connectivity index (χ1v) is 7.31. The second-order valence-corrected chi connectivity index (χ2v) is 5.91. The molecule has 7 heteroatoms. The summed E-state index contributed by atoms with van der Waals surface area (Å²) in [6.07, 6.45) is -0.0195. The number of alkyl halides is 2. The predicted octanol–water partition coefficient (Wildman–Crippen LogP) is 0.957. The Morgan fingerprint density at radius 3 is 2.76 bits per heavy atom. The Bertz CT molecular complexity index is 408. The van der Waals surface area contributed by atoms with Crippen molar-refractivity contribution in [2.45, 2.75) is 37.9 Å². The summed E-state index contributed by atoms with van der Waals surface area (Å²) in [7, 11) is 0. The van der Waals surface area contributed by atoms with Crippen LogP contribution in [0.5, 0.6) is 0 Å². The lowest BCUT2D eigenvalue weighted by Gasteiger charge is -2.48. The molecule has 2 aliphatic rings. The monoisotopic (exact) mass is 302 g/mol. The average Bonchev–Trinajstić information content (AvgIpc) is 2.45. The van der Waals surface area contributed by atoms with E-state index in [2.05, 4.69) is 5.32 Å². The number of hydrogen-bond acceptors (Lipinski definition) is 5. The SMILES string of the molecule is C/C(C=N)=C(/N)C1CN(CC(F)F)CC2(CCNCC2)O1. The van der Waals surface area contributed by atoms with Crippen LogP contribution in [0.25, 0.3) is 0 Å². The van der Waals surface area contributed by atoms with Gasteiger partial charge in [0.15, 0.2) is 0 Å². The van der Waals surface area contributed by atoms with Crippen LogP contribution in [0.3, 0.4) is 0 Å². The van der Waals surface area contributed by atoms with Gasteiger partial charge >= 0.3 is 0 Å². The fraction of sp³-hybridized carbons (Fsp3) is 0.786. The lowest BCUT2D eigenvalue weighted by atomic mass is 9.89. The molecule has 0 aromatic rings. The van der Waals surface area contributed by atoms with Gasteiger partial charge in [-0.25, -0.2) is 8.78 Å². The van der Waals surface area contributed by atoms with Crippen LogP contribution < -0.4 is 11.1 Å². The van der Waals surface area contributed by atoms with Gasteiger partial charge in [0.25, 0.3) is 6.43 Å². The molecule has 1 spiro atoms. The molecule has 120 valence electrons. The molecule has 0 saturated carbocycles. The van der Waals surface area contributed by atoms with Gasteiger partial charge in [0.1, 0.15) is 6.10 Å². The topological polar surface area (TPSA) is 74.4 Å². The maximum atomic E-state index is 12.8. The van der Waals surface area contributed by atoms with Crippen LogP contribution in [-0.2, 0) is 4.74 Å². The number of allylic oxidation sites excluding steroid dienone is 1. The van der Waals surface area contributed by atoms with Gasteiger partial charge in [-0.1, -0.05) is 0 Å². The van der Waals surface area contributed by atoms with Crippen molar-refractivity contribution in [3.8, 4) is 0 Å². The number of morpholine rings is 1. The van der Waals surface area contributed by atoms with Crippen molar-refractivity contribution in [1.82, 2.24) is 10.2 Å². The molecule has 2 fully saturated rings. The zero-order chi connectivity index (χ0) is 15.5. The number of nitrogens with two attached hydrogens (primary N) is 1. The maximum Gasteiger partial charge on any atom is 0.251 e. The Labute approximate surface area is 124 Å². The average molecular weight is 302 g/mol. The number of piperidine rings is 1. The van der Waals surface area contributed by atoms with Gasteiger partial charge in [-0.05, 0) is 38.4 Å². The van der Waals surface area contributed by atoms with Gasteiger partial charge in [0, 0.05) is 25.0 Å². The number of ether oxygens (including phenoxy) is 1. The summed E-state index contributed by atoms with van der Waals surface area (Å²) in [4.78, 5) is 1.74. The first kappa shape index (κ1) is 16.3. The summed E-state index contributed by atoms with van der Waals surface area (Å²) in [5.74, 6) is 0. The zero-order valence-corrected chi connectivity index (χ0v) is 12.4. The minimum atomic E-state index is -2.36. The molecule has 1 atom stereocenters. The molecule has 0 bridgehead atoms. The van der Waals surface area contributed by atoms with Crippen molar-refractivity contribution in [2.75, 3.05) is 32.7 Å². The second kappa shape index (κ2) is 6.81. The van der Waals surface area contributed by atoms with Crippen LogP contribution in [0.2, 0.25) is 0 Å². The Morgan fingerprint density at radius 1 is 1.52 bits per heavy atom. The van der Waals surface area contributed by atoms with Crippen molar-refractivity contribution in [1.29, 1.82) is 5.41 Å². The first-order valence-electron chi connectivity index (χ1n) is 7.31. The van der Waals surface area contributed by atoms with Crippen LogP contribution in [0.15, 0.2) is 11.3 Å². The summed E-state index contributed by atoms with van der Waals surface area (Å²) in [6, 6.07) is 0. The summed E-state index contributed by atoms with van der Waals surface area (Å²) >= 11 is 0. The smallest absolute Gasteiger partial charge is 0.251 e.